The van der Waals surface area contributed by atoms with E-state index in [1.807, 2.05) is 29.8 Å². The Hall–Kier alpha value is -2.70. The molecule has 0 unspecified atom stereocenters. The van der Waals surface area contributed by atoms with Crippen LogP contribution in [0.15, 0.2) is 30.7 Å². The summed E-state index contributed by atoms with van der Waals surface area (Å²) in [5, 5.41) is 2.65. The van der Waals surface area contributed by atoms with Crippen molar-refractivity contribution in [3.05, 3.63) is 42.1 Å². The molecule has 0 atom stereocenters. The molecule has 1 saturated heterocycles. The Morgan fingerprint density at radius 2 is 2.00 bits per heavy atom. The first kappa shape index (κ1) is 15.2. The van der Waals surface area contributed by atoms with Crippen LogP contribution in [0.25, 0.3) is 5.82 Å². The molecule has 23 heavy (non-hydrogen) atoms. The van der Waals surface area contributed by atoms with Crippen molar-refractivity contribution in [2.45, 2.75) is 26.3 Å². The first-order chi connectivity index (χ1) is 11.1. The maximum absolute atomic E-state index is 11.9. The lowest BCUT2D eigenvalue weighted by Crippen LogP contribution is -2.41. The highest BCUT2D eigenvalue weighted by atomic mass is 16.2. The maximum Gasteiger partial charge on any atom is 0.311 e. The predicted octanol–water partition coefficient (Wildman–Crippen LogP) is 0.814. The number of nitrogens with zero attached hydrogens (tertiary/aromatic N) is 4. The third-order valence-electron chi connectivity index (χ3n) is 3.92. The number of imidazole rings is 1. The largest absolute Gasteiger partial charge is 0.344 e. The number of rotatable bonds is 3. The van der Waals surface area contributed by atoms with E-state index in [4.69, 9.17) is 0 Å². The average molecular weight is 313 g/mol. The van der Waals surface area contributed by atoms with Crippen molar-refractivity contribution in [1.82, 2.24) is 24.8 Å². The average Bonchev–Trinajstić information content (AvgIpc) is 3.24. The minimum atomic E-state index is -0.554. The Labute approximate surface area is 134 Å². The second-order valence-electron chi connectivity index (χ2n) is 5.55. The number of hydrogen-bond donors (Lipinski definition) is 1. The van der Waals surface area contributed by atoms with Crippen molar-refractivity contribution >= 4 is 11.8 Å². The number of nitrogens with one attached hydrogen (secondary N) is 1. The van der Waals surface area contributed by atoms with Gasteiger partial charge in [-0.1, -0.05) is 6.07 Å². The third kappa shape index (κ3) is 3.39. The van der Waals surface area contributed by atoms with Crippen LogP contribution in [-0.2, 0) is 16.1 Å². The zero-order valence-corrected chi connectivity index (χ0v) is 13.0. The highest BCUT2D eigenvalue weighted by molar-refractivity contribution is 6.35. The van der Waals surface area contributed by atoms with Crippen molar-refractivity contribution in [3.8, 4) is 5.82 Å². The molecule has 0 radical (unpaired) electrons. The molecule has 7 heteroatoms. The third-order valence-corrected chi connectivity index (χ3v) is 3.92. The lowest BCUT2D eigenvalue weighted by Gasteiger charge is -2.14. The van der Waals surface area contributed by atoms with Crippen LogP contribution in [0.3, 0.4) is 0 Å². The van der Waals surface area contributed by atoms with Gasteiger partial charge in [0.25, 0.3) is 0 Å². The van der Waals surface area contributed by atoms with E-state index in [0.29, 0.717) is 13.1 Å². The van der Waals surface area contributed by atoms with E-state index >= 15 is 0 Å². The van der Waals surface area contributed by atoms with Crippen molar-refractivity contribution in [3.63, 3.8) is 0 Å². The molecule has 0 saturated carbocycles. The number of aromatic nitrogens is 3. The van der Waals surface area contributed by atoms with Gasteiger partial charge in [0.05, 0.1) is 0 Å². The van der Waals surface area contributed by atoms with Crippen molar-refractivity contribution in [2.24, 2.45) is 0 Å². The number of likely N-dealkylation sites (tertiary alicyclic amines) is 1. The van der Waals surface area contributed by atoms with Gasteiger partial charge in [0.1, 0.15) is 11.6 Å². The number of hydrogen-bond acceptors (Lipinski definition) is 4. The van der Waals surface area contributed by atoms with E-state index in [9.17, 15) is 9.59 Å². The molecule has 2 aromatic rings. The zero-order valence-electron chi connectivity index (χ0n) is 13.0. The fourth-order valence-corrected chi connectivity index (χ4v) is 2.61. The van der Waals surface area contributed by atoms with Crippen LogP contribution in [0.2, 0.25) is 0 Å². The normalized spacial score (nSPS) is 14.0. The van der Waals surface area contributed by atoms with E-state index in [1.54, 1.807) is 17.3 Å². The van der Waals surface area contributed by atoms with Crippen molar-refractivity contribution in [2.75, 3.05) is 13.1 Å². The van der Waals surface area contributed by atoms with Gasteiger partial charge in [0.15, 0.2) is 0 Å². The fraction of sp³-hybridized carbons (Fsp3) is 0.375. The molecule has 1 N–H and O–H groups in total. The smallest absolute Gasteiger partial charge is 0.311 e. The quantitative estimate of drug-likeness (QED) is 0.851. The van der Waals surface area contributed by atoms with Gasteiger partial charge in [-0.2, -0.15) is 0 Å². The summed E-state index contributed by atoms with van der Waals surface area (Å²) in [5.41, 5.74) is 0.842. The molecule has 3 rings (SSSR count). The highest BCUT2D eigenvalue weighted by Crippen LogP contribution is 2.09. The predicted molar refractivity (Wildman–Crippen MR) is 83.8 cm³/mol. The summed E-state index contributed by atoms with van der Waals surface area (Å²) < 4.78 is 1.87. The second kappa shape index (κ2) is 6.60. The second-order valence-corrected chi connectivity index (χ2v) is 5.55. The number of carbonyl (C=O) groups is 2. The molecule has 0 aliphatic carbocycles. The van der Waals surface area contributed by atoms with E-state index in [-0.39, 0.29) is 6.54 Å². The molecular weight excluding hydrogens is 294 g/mol. The Kier molecular flexibility index (Phi) is 4.36. The van der Waals surface area contributed by atoms with Crippen LogP contribution in [0, 0.1) is 6.92 Å². The molecule has 1 aliphatic rings. The minimum Gasteiger partial charge on any atom is -0.344 e. The number of aryl methyl sites for hydroxylation is 1. The van der Waals surface area contributed by atoms with Gasteiger partial charge in [-0.25, -0.2) is 9.97 Å². The SMILES string of the molecule is Cc1nccn1-c1ccc(CNC(=O)C(=O)N2CCCC2)cn1. The number of amides is 2. The topological polar surface area (TPSA) is 80.1 Å². The summed E-state index contributed by atoms with van der Waals surface area (Å²) >= 11 is 0. The van der Waals surface area contributed by atoms with Gasteiger partial charge in [-0.05, 0) is 31.4 Å². The standard InChI is InChI=1S/C16H19N5O2/c1-12-17-6-9-21(12)14-5-4-13(10-18-14)11-19-15(22)16(23)20-7-2-3-8-20/h4-6,9-10H,2-3,7-8,11H2,1H3,(H,19,22). The molecule has 1 fully saturated rings. The summed E-state index contributed by atoms with van der Waals surface area (Å²) in [6.45, 7) is 3.54. The molecule has 120 valence electrons. The summed E-state index contributed by atoms with van der Waals surface area (Å²) in [7, 11) is 0. The molecule has 0 spiro atoms. The van der Waals surface area contributed by atoms with Crippen LogP contribution in [0.1, 0.15) is 24.2 Å². The van der Waals surface area contributed by atoms with Crippen molar-refractivity contribution in [1.29, 1.82) is 0 Å². The van der Waals surface area contributed by atoms with Gasteiger partial charge in [0.2, 0.25) is 0 Å². The Balaban J connectivity index is 1.57. The fourth-order valence-electron chi connectivity index (χ4n) is 2.61. The van der Waals surface area contributed by atoms with Crippen LogP contribution < -0.4 is 5.32 Å². The molecular formula is C16H19N5O2. The molecule has 0 bridgehead atoms. The van der Waals surface area contributed by atoms with Gasteiger partial charge >= 0.3 is 11.8 Å². The van der Waals surface area contributed by atoms with Crippen molar-refractivity contribution < 1.29 is 9.59 Å². The Morgan fingerprint density at radius 3 is 2.61 bits per heavy atom. The summed E-state index contributed by atoms with van der Waals surface area (Å²) in [6.07, 6.45) is 7.19. The van der Waals surface area contributed by atoms with Gasteiger partial charge in [0, 0.05) is 38.2 Å². The summed E-state index contributed by atoms with van der Waals surface area (Å²) in [5.74, 6) is 0.625. The van der Waals surface area contributed by atoms with Crippen LogP contribution in [0.5, 0.6) is 0 Å². The maximum atomic E-state index is 11.9. The van der Waals surface area contributed by atoms with Crippen LogP contribution in [-0.4, -0.2) is 44.3 Å². The monoisotopic (exact) mass is 313 g/mol. The minimum absolute atomic E-state index is 0.286. The molecule has 7 nitrogen and oxygen atoms in total. The molecule has 3 heterocycles. The summed E-state index contributed by atoms with van der Waals surface area (Å²) in [4.78, 5) is 33.9. The van der Waals surface area contributed by atoms with E-state index < -0.39 is 11.8 Å². The van der Waals surface area contributed by atoms with E-state index in [2.05, 4.69) is 15.3 Å². The molecule has 2 aromatic heterocycles. The molecule has 1 aliphatic heterocycles. The van der Waals surface area contributed by atoms with Gasteiger partial charge < -0.3 is 10.2 Å². The zero-order chi connectivity index (χ0) is 16.2. The lowest BCUT2D eigenvalue weighted by molar-refractivity contribution is -0.145. The Bertz CT molecular complexity index is 702. The van der Waals surface area contributed by atoms with E-state index in [1.165, 1.54) is 0 Å². The first-order valence-corrected chi connectivity index (χ1v) is 7.67. The molecule has 0 aromatic carbocycles. The van der Waals surface area contributed by atoms with Crippen LogP contribution >= 0.6 is 0 Å². The lowest BCUT2D eigenvalue weighted by atomic mass is 10.2. The number of carbonyl (C=O) groups excluding carboxylic acids is 2. The van der Waals surface area contributed by atoms with Crippen LogP contribution in [0.4, 0.5) is 0 Å². The van der Waals surface area contributed by atoms with Gasteiger partial charge in [-0.3, -0.25) is 14.2 Å². The van der Waals surface area contributed by atoms with Gasteiger partial charge in [-0.15, -0.1) is 0 Å². The Morgan fingerprint density at radius 1 is 1.22 bits per heavy atom. The summed E-state index contributed by atoms with van der Waals surface area (Å²) in [6, 6.07) is 3.74. The highest BCUT2D eigenvalue weighted by Gasteiger charge is 2.23. The first-order valence-electron chi connectivity index (χ1n) is 7.67. The van der Waals surface area contributed by atoms with E-state index in [0.717, 1.165) is 30.0 Å². The number of pyridine rings is 1. The molecule has 2 amide bonds.